The van der Waals surface area contributed by atoms with E-state index < -0.39 is 0 Å². The molecule has 0 fully saturated rings. The summed E-state index contributed by atoms with van der Waals surface area (Å²) in [5, 5.41) is 7.29. The topological polar surface area (TPSA) is 49.9 Å². The van der Waals surface area contributed by atoms with Crippen molar-refractivity contribution in [2.24, 2.45) is 5.73 Å². The van der Waals surface area contributed by atoms with Crippen molar-refractivity contribution in [3.05, 3.63) is 35.9 Å². The van der Waals surface area contributed by atoms with Gasteiger partial charge < -0.3 is 5.73 Å². The molecule has 1 aromatic carbocycles. The Morgan fingerprint density at radius 3 is 2.50 bits per heavy atom. The van der Waals surface area contributed by atoms with E-state index in [4.69, 9.17) is 11.1 Å². The van der Waals surface area contributed by atoms with Gasteiger partial charge in [0, 0.05) is 5.75 Å². The van der Waals surface area contributed by atoms with Gasteiger partial charge in [-0.25, -0.2) is 0 Å². The van der Waals surface area contributed by atoms with E-state index in [1.54, 1.807) is 0 Å². The summed E-state index contributed by atoms with van der Waals surface area (Å²) >= 11 is 1.40. The number of nitrogens with one attached hydrogen (secondary N) is 1. The number of benzene rings is 1. The molecule has 0 saturated heterocycles. The van der Waals surface area contributed by atoms with Crippen LogP contribution >= 0.6 is 28.7 Å². The first kappa shape index (κ1) is 13.5. The molecular formula is C10H15BrN2S. The molecule has 1 atom stereocenters. The van der Waals surface area contributed by atoms with Gasteiger partial charge in [-0.2, -0.15) is 0 Å². The van der Waals surface area contributed by atoms with Gasteiger partial charge >= 0.3 is 0 Å². The molecule has 0 aliphatic carbocycles. The van der Waals surface area contributed by atoms with E-state index in [0.717, 1.165) is 5.75 Å². The second-order valence-corrected chi connectivity index (χ2v) is 4.05. The van der Waals surface area contributed by atoms with E-state index in [-0.39, 0.29) is 22.1 Å². The van der Waals surface area contributed by atoms with E-state index in [1.807, 2.05) is 18.2 Å². The SMILES string of the molecule is Br.CC(CSC(=N)N)c1ccccc1. The van der Waals surface area contributed by atoms with Gasteiger partial charge in [-0.05, 0) is 11.5 Å². The smallest absolute Gasteiger partial charge is 0.151 e. The maximum Gasteiger partial charge on any atom is 0.151 e. The normalized spacial score (nSPS) is 11.5. The Morgan fingerprint density at radius 1 is 1.43 bits per heavy atom. The average molecular weight is 275 g/mol. The number of hydrogen-bond donors (Lipinski definition) is 2. The summed E-state index contributed by atoms with van der Waals surface area (Å²) in [7, 11) is 0. The van der Waals surface area contributed by atoms with Crippen molar-refractivity contribution in [3.8, 4) is 0 Å². The van der Waals surface area contributed by atoms with Gasteiger partial charge in [0.05, 0.1) is 0 Å². The molecule has 0 saturated carbocycles. The van der Waals surface area contributed by atoms with Crippen LogP contribution in [0.4, 0.5) is 0 Å². The molecular weight excluding hydrogens is 260 g/mol. The van der Waals surface area contributed by atoms with Gasteiger partial charge in [-0.1, -0.05) is 49.0 Å². The van der Waals surface area contributed by atoms with Crippen molar-refractivity contribution in [1.82, 2.24) is 0 Å². The van der Waals surface area contributed by atoms with Crippen LogP contribution < -0.4 is 5.73 Å². The van der Waals surface area contributed by atoms with Crippen LogP contribution in [-0.4, -0.2) is 10.9 Å². The minimum absolute atomic E-state index is 0. The van der Waals surface area contributed by atoms with Crippen LogP contribution in [0.3, 0.4) is 0 Å². The van der Waals surface area contributed by atoms with E-state index in [9.17, 15) is 0 Å². The summed E-state index contributed by atoms with van der Waals surface area (Å²) in [6.45, 7) is 2.14. The zero-order valence-electron chi connectivity index (χ0n) is 8.07. The summed E-state index contributed by atoms with van der Waals surface area (Å²) in [6.07, 6.45) is 0. The van der Waals surface area contributed by atoms with Gasteiger partial charge in [0.1, 0.15) is 0 Å². The number of thioether (sulfide) groups is 1. The molecule has 0 aliphatic heterocycles. The minimum atomic E-state index is 0. The molecule has 0 spiro atoms. The van der Waals surface area contributed by atoms with Crippen molar-refractivity contribution in [1.29, 1.82) is 5.41 Å². The quantitative estimate of drug-likeness (QED) is 0.658. The van der Waals surface area contributed by atoms with Crippen molar-refractivity contribution in [3.63, 3.8) is 0 Å². The molecule has 4 heteroatoms. The molecule has 78 valence electrons. The largest absolute Gasteiger partial charge is 0.379 e. The summed E-state index contributed by atoms with van der Waals surface area (Å²) < 4.78 is 0. The van der Waals surface area contributed by atoms with Gasteiger partial charge in [-0.3, -0.25) is 5.41 Å². The molecule has 1 rings (SSSR count). The third kappa shape index (κ3) is 4.67. The lowest BCUT2D eigenvalue weighted by molar-refractivity contribution is 0.883. The minimum Gasteiger partial charge on any atom is -0.379 e. The Hall–Kier alpha value is -0.480. The highest BCUT2D eigenvalue weighted by Gasteiger charge is 2.04. The van der Waals surface area contributed by atoms with Gasteiger partial charge in [-0.15, -0.1) is 17.0 Å². The number of hydrogen-bond acceptors (Lipinski definition) is 2. The molecule has 0 aliphatic rings. The van der Waals surface area contributed by atoms with Crippen LogP contribution in [0, 0.1) is 5.41 Å². The summed E-state index contributed by atoms with van der Waals surface area (Å²) in [5.41, 5.74) is 6.57. The average Bonchev–Trinajstić information content (AvgIpc) is 2.15. The maximum atomic E-state index is 7.09. The first-order valence-corrected chi connectivity index (χ1v) is 5.20. The van der Waals surface area contributed by atoms with Crippen LogP contribution in [0.2, 0.25) is 0 Å². The van der Waals surface area contributed by atoms with Gasteiger partial charge in [0.15, 0.2) is 5.17 Å². The molecule has 3 N–H and O–H groups in total. The Morgan fingerprint density at radius 2 is 2.00 bits per heavy atom. The zero-order valence-corrected chi connectivity index (χ0v) is 10.6. The highest BCUT2D eigenvalue weighted by Crippen LogP contribution is 2.19. The van der Waals surface area contributed by atoms with Crippen LogP contribution in [0.5, 0.6) is 0 Å². The molecule has 14 heavy (non-hydrogen) atoms. The summed E-state index contributed by atoms with van der Waals surface area (Å²) in [6, 6.07) is 10.3. The van der Waals surface area contributed by atoms with Crippen molar-refractivity contribution < 1.29 is 0 Å². The predicted octanol–water partition coefficient (Wildman–Crippen LogP) is 2.99. The molecule has 1 unspecified atom stereocenters. The van der Waals surface area contributed by atoms with Crippen molar-refractivity contribution in [2.45, 2.75) is 12.8 Å². The van der Waals surface area contributed by atoms with Crippen LogP contribution in [0.1, 0.15) is 18.4 Å². The fourth-order valence-electron chi connectivity index (χ4n) is 1.09. The van der Waals surface area contributed by atoms with Crippen molar-refractivity contribution >= 4 is 33.9 Å². The summed E-state index contributed by atoms with van der Waals surface area (Å²) in [4.78, 5) is 0. The fraction of sp³-hybridized carbons (Fsp3) is 0.300. The second kappa shape index (κ2) is 6.90. The lowest BCUT2D eigenvalue weighted by Gasteiger charge is -2.09. The highest BCUT2D eigenvalue weighted by molar-refractivity contribution is 8.93. The Bertz CT molecular complexity index is 277. The molecule has 0 bridgehead atoms. The molecule has 0 heterocycles. The third-order valence-electron chi connectivity index (χ3n) is 1.86. The van der Waals surface area contributed by atoms with Crippen LogP contribution in [0.25, 0.3) is 0 Å². The lowest BCUT2D eigenvalue weighted by atomic mass is 10.0. The van der Waals surface area contributed by atoms with E-state index in [1.165, 1.54) is 17.3 Å². The standard InChI is InChI=1S/C10H14N2S.BrH/c1-8(7-13-10(11)12)9-5-3-2-4-6-9;/h2-6,8H,7H2,1H3,(H3,11,12);1H. The fourth-order valence-corrected chi connectivity index (χ4v) is 1.71. The van der Waals surface area contributed by atoms with Gasteiger partial charge in [0.2, 0.25) is 0 Å². The number of nitrogens with two attached hydrogens (primary N) is 1. The maximum absolute atomic E-state index is 7.09. The Balaban J connectivity index is 0.00000169. The Kier molecular flexibility index (Phi) is 6.66. The van der Waals surface area contributed by atoms with E-state index in [2.05, 4.69) is 19.1 Å². The number of amidine groups is 1. The first-order chi connectivity index (χ1) is 6.20. The number of rotatable bonds is 3. The zero-order chi connectivity index (χ0) is 9.68. The third-order valence-corrected chi connectivity index (χ3v) is 2.84. The van der Waals surface area contributed by atoms with Gasteiger partial charge in [0.25, 0.3) is 0 Å². The van der Waals surface area contributed by atoms with Crippen molar-refractivity contribution in [2.75, 3.05) is 5.75 Å². The number of halogens is 1. The Labute approximate surface area is 99.6 Å². The van der Waals surface area contributed by atoms with Crippen LogP contribution in [-0.2, 0) is 0 Å². The second-order valence-electron chi connectivity index (χ2n) is 2.99. The molecule has 2 nitrogen and oxygen atoms in total. The highest BCUT2D eigenvalue weighted by atomic mass is 79.9. The first-order valence-electron chi connectivity index (χ1n) is 4.22. The molecule has 0 aromatic heterocycles. The van der Waals surface area contributed by atoms with Crippen LogP contribution in [0.15, 0.2) is 30.3 Å². The van der Waals surface area contributed by atoms with E-state index in [0.29, 0.717) is 5.92 Å². The molecule has 0 amide bonds. The van der Waals surface area contributed by atoms with E-state index >= 15 is 0 Å². The monoisotopic (exact) mass is 274 g/mol. The predicted molar refractivity (Wildman–Crippen MR) is 69.6 cm³/mol. The lowest BCUT2D eigenvalue weighted by Crippen LogP contribution is -2.07. The molecule has 1 aromatic rings. The molecule has 0 radical (unpaired) electrons. The summed E-state index contributed by atoms with van der Waals surface area (Å²) in [5.74, 6) is 1.33.